The van der Waals surface area contributed by atoms with Gasteiger partial charge in [-0.15, -0.1) is 0 Å². The van der Waals surface area contributed by atoms with Crippen molar-refractivity contribution in [3.63, 3.8) is 0 Å². The summed E-state index contributed by atoms with van der Waals surface area (Å²) in [6, 6.07) is 15.6. The fourth-order valence-electron chi connectivity index (χ4n) is 3.86. The van der Waals surface area contributed by atoms with E-state index >= 15 is 0 Å². The van der Waals surface area contributed by atoms with E-state index in [1.807, 2.05) is 37.3 Å². The first-order valence-corrected chi connectivity index (χ1v) is 13.5. The number of carboxylic acid groups (broad SMARTS) is 1. The minimum Gasteiger partial charge on any atom is -0.490 e. The van der Waals surface area contributed by atoms with Crippen molar-refractivity contribution in [2.45, 2.75) is 58.6 Å². The lowest BCUT2D eigenvalue weighted by molar-refractivity contribution is -0.143. The van der Waals surface area contributed by atoms with Gasteiger partial charge in [0.05, 0.1) is 18.1 Å². The molecule has 2 rings (SSSR count). The van der Waals surface area contributed by atoms with Crippen LogP contribution in [0.5, 0.6) is 5.75 Å². The van der Waals surface area contributed by atoms with Crippen LogP contribution in [0.1, 0.15) is 51.2 Å². The zero-order valence-corrected chi connectivity index (χ0v) is 23.4. The normalized spacial score (nSPS) is 13.1. The number of benzene rings is 2. The molecule has 2 aromatic rings. The summed E-state index contributed by atoms with van der Waals surface area (Å²) in [6.45, 7) is 6.23. The van der Waals surface area contributed by atoms with E-state index < -0.39 is 30.0 Å². The molecule has 0 aliphatic heterocycles. The van der Waals surface area contributed by atoms with Gasteiger partial charge in [-0.2, -0.15) is 0 Å². The Morgan fingerprint density at radius 3 is 2.38 bits per heavy atom. The molecule has 0 aliphatic rings. The number of aliphatic hydroxyl groups is 1. The lowest BCUT2D eigenvalue weighted by Gasteiger charge is -2.21. The molecule has 40 heavy (non-hydrogen) atoms. The van der Waals surface area contributed by atoms with Crippen molar-refractivity contribution in [2.24, 2.45) is 5.92 Å². The minimum atomic E-state index is -1.14. The average molecular weight is 550 g/mol. The molecule has 2 radical (unpaired) electrons. The molecule has 9 nitrogen and oxygen atoms in total. The number of amides is 1. The summed E-state index contributed by atoms with van der Waals surface area (Å²) in [5.74, 6) is -2.00. The molecule has 0 spiro atoms. The Hall–Kier alpha value is -3.63. The molecule has 0 aromatic heterocycles. The Morgan fingerprint density at radius 2 is 1.73 bits per heavy atom. The molecule has 1 amide bonds. The number of aliphatic carboxylic acids is 1. The maximum absolute atomic E-state index is 12.8. The number of nitrogens with one attached hydrogen (secondary N) is 1. The Balaban J connectivity index is 2.16. The third-order valence-corrected chi connectivity index (χ3v) is 5.93. The Labute approximate surface area is 237 Å². The number of hydrogen-bond acceptors (Lipinski definition) is 7. The number of aliphatic hydroxyl groups excluding tert-OH is 1. The van der Waals surface area contributed by atoms with Crippen molar-refractivity contribution >= 4 is 31.6 Å². The van der Waals surface area contributed by atoms with Gasteiger partial charge in [0.1, 0.15) is 24.2 Å². The molecule has 0 aliphatic carbocycles. The highest BCUT2D eigenvalue weighted by Crippen LogP contribution is 2.28. The smallest absolute Gasteiger partial charge is 0.326 e. The first-order chi connectivity index (χ1) is 19.1. The van der Waals surface area contributed by atoms with E-state index in [0.717, 1.165) is 12.0 Å². The van der Waals surface area contributed by atoms with E-state index in [2.05, 4.69) is 5.32 Å². The molecule has 2 aromatic carbocycles. The van der Waals surface area contributed by atoms with E-state index in [1.165, 1.54) is 4.81 Å². The molecular weight excluding hydrogens is 511 g/mol. The van der Waals surface area contributed by atoms with E-state index in [9.17, 15) is 24.6 Å². The van der Waals surface area contributed by atoms with Gasteiger partial charge in [-0.1, -0.05) is 63.2 Å². The monoisotopic (exact) mass is 550 g/mol. The maximum atomic E-state index is 12.8. The van der Waals surface area contributed by atoms with Crippen LogP contribution in [0, 0.1) is 5.92 Å². The fourth-order valence-corrected chi connectivity index (χ4v) is 3.86. The highest BCUT2D eigenvalue weighted by atomic mass is 16.5. The molecular formula is C30H39BN2O7. The van der Waals surface area contributed by atoms with Crippen LogP contribution >= 0.6 is 0 Å². The maximum Gasteiger partial charge on any atom is 0.326 e. The highest BCUT2D eigenvalue weighted by molar-refractivity contribution is 6.04. The van der Waals surface area contributed by atoms with E-state index in [1.54, 1.807) is 44.2 Å². The van der Waals surface area contributed by atoms with E-state index in [-0.39, 0.29) is 37.7 Å². The number of nitrogens with zero attached hydrogens (tertiary/aromatic N) is 1. The van der Waals surface area contributed by atoms with Crippen LogP contribution in [0.4, 0.5) is 0 Å². The molecule has 2 atom stereocenters. The molecule has 2 unspecified atom stereocenters. The third kappa shape index (κ3) is 11.6. The number of carbonyl (C=O) groups excluding carboxylic acids is 2. The zero-order chi connectivity index (χ0) is 29.5. The van der Waals surface area contributed by atoms with Gasteiger partial charge in [-0.25, -0.2) is 4.79 Å². The van der Waals surface area contributed by atoms with Crippen LogP contribution in [0.3, 0.4) is 0 Å². The SMILES string of the molecule is [B]N(CCC)CC(O)COc1ccccc1/C(=C/Cc1ccccc1)OC(=O)CCC(=O)NC(C(=O)O)C(C)C. The van der Waals surface area contributed by atoms with Crippen LogP contribution in [0.25, 0.3) is 5.76 Å². The lowest BCUT2D eigenvalue weighted by Crippen LogP contribution is -2.44. The zero-order valence-electron chi connectivity index (χ0n) is 23.4. The Bertz CT molecular complexity index is 1120. The molecule has 10 heteroatoms. The van der Waals surface area contributed by atoms with Crippen LogP contribution in [-0.4, -0.2) is 72.7 Å². The average Bonchev–Trinajstić information content (AvgIpc) is 2.92. The summed E-state index contributed by atoms with van der Waals surface area (Å²) in [5, 5.41) is 22.1. The molecule has 0 heterocycles. The first kappa shape index (κ1) is 32.6. The number of hydrogen-bond donors (Lipinski definition) is 3. The molecule has 3 N–H and O–H groups in total. The Kier molecular flexibility index (Phi) is 14.0. The van der Waals surface area contributed by atoms with Crippen molar-refractivity contribution in [1.82, 2.24) is 10.1 Å². The summed E-state index contributed by atoms with van der Waals surface area (Å²) in [5.41, 5.74) is 1.50. The van der Waals surface area contributed by atoms with Gasteiger partial charge >= 0.3 is 11.9 Å². The number of esters is 1. The molecule has 0 bridgehead atoms. The number of allylic oxidation sites excluding steroid dienone is 1. The van der Waals surface area contributed by atoms with Crippen LogP contribution in [-0.2, 0) is 25.5 Å². The van der Waals surface area contributed by atoms with Crippen molar-refractivity contribution in [3.8, 4) is 5.75 Å². The van der Waals surface area contributed by atoms with Gasteiger partial charge in [0.2, 0.25) is 5.91 Å². The predicted octanol–water partition coefficient (Wildman–Crippen LogP) is 3.35. The summed E-state index contributed by atoms with van der Waals surface area (Å²) in [7, 11) is 5.88. The second kappa shape index (κ2) is 17.1. The van der Waals surface area contributed by atoms with Crippen molar-refractivity contribution in [3.05, 3.63) is 71.8 Å². The second-order valence-corrected chi connectivity index (χ2v) is 9.82. The van der Waals surface area contributed by atoms with Crippen LogP contribution < -0.4 is 10.1 Å². The third-order valence-electron chi connectivity index (χ3n) is 5.93. The number of carbonyl (C=O) groups is 3. The predicted molar refractivity (Wildman–Crippen MR) is 153 cm³/mol. The first-order valence-electron chi connectivity index (χ1n) is 13.5. The van der Waals surface area contributed by atoms with Gasteiger partial charge < -0.3 is 29.8 Å². The molecule has 0 saturated carbocycles. The largest absolute Gasteiger partial charge is 0.490 e. The molecule has 0 fully saturated rings. The number of rotatable bonds is 17. The number of ether oxygens (including phenoxy) is 2. The van der Waals surface area contributed by atoms with Crippen molar-refractivity contribution in [1.29, 1.82) is 0 Å². The summed E-state index contributed by atoms with van der Waals surface area (Å²) >= 11 is 0. The highest BCUT2D eigenvalue weighted by Gasteiger charge is 2.24. The van der Waals surface area contributed by atoms with Gasteiger partial charge in [-0.05, 0) is 49.1 Å². The minimum absolute atomic E-state index is 0.0187. The second-order valence-electron chi connectivity index (χ2n) is 9.82. The lowest BCUT2D eigenvalue weighted by atomic mass is 10.0. The van der Waals surface area contributed by atoms with Crippen LogP contribution in [0.15, 0.2) is 60.7 Å². The van der Waals surface area contributed by atoms with E-state index in [0.29, 0.717) is 24.3 Å². The van der Waals surface area contributed by atoms with E-state index in [4.69, 9.17) is 17.5 Å². The topological polar surface area (TPSA) is 125 Å². The number of carboxylic acids is 1. The summed E-state index contributed by atoms with van der Waals surface area (Å²) < 4.78 is 11.6. The van der Waals surface area contributed by atoms with Gasteiger partial charge in [0, 0.05) is 13.0 Å². The summed E-state index contributed by atoms with van der Waals surface area (Å²) in [4.78, 5) is 38.0. The van der Waals surface area contributed by atoms with Crippen LogP contribution in [0.2, 0.25) is 0 Å². The quantitative estimate of drug-likeness (QED) is 0.156. The molecule has 0 saturated heterocycles. The van der Waals surface area contributed by atoms with Crippen molar-refractivity contribution in [2.75, 3.05) is 19.7 Å². The molecule has 214 valence electrons. The number of para-hydroxylation sites is 1. The van der Waals surface area contributed by atoms with Gasteiger partial charge in [0.15, 0.2) is 7.98 Å². The Morgan fingerprint density at radius 1 is 1.05 bits per heavy atom. The fraction of sp³-hybridized carbons (Fsp3) is 0.433. The summed E-state index contributed by atoms with van der Waals surface area (Å²) in [6.07, 6.45) is 1.78. The van der Waals surface area contributed by atoms with Gasteiger partial charge in [-0.3, -0.25) is 9.59 Å². The van der Waals surface area contributed by atoms with Gasteiger partial charge in [0.25, 0.3) is 0 Å². The standard InChI is InChI=1S/C30H39BN2O7/c1-4-18-33(31)19-23(34)20-39-25-13-9-8-12-24(25)26(15-14-22-10-6-5-7-11-22)40-28(36)17-16-27(35)32-29(21(2)3)30(37)38/h5-13,15,21,23,29,34H,4,14,16-20H2,1-3H3,(H,32,35)(H,37,38)/b26-15-. The van der Waals surface area contributed by atoms with Crippen molar-refractivity contribution < 1.29 is 34.1 Å².